The molecule has 0 aliphatic rings. The Morgan fingerprint density at radius 2 is 1.71 bits per heavy atom. The van der Waals surface area contributed by atoms with Crippen molar-refractivity contribution in [2.45, 2.75) is 6.54 Å². The molecule has 3 rings (SSSR count). The average molecular weight is 316 g/mol. The molecule has 0 amide bonds. The number of benzene rings is 2. The Morgan fingerprint density at radius 3 is 2.38 bits per heavy atom. The largest absolute Gasteiger partial charge is 0.384 e. The van der Waals surface area contributed by atoms with Gasteiger partial charge in [-0.2, -0.15) is 0 Å². The molecule has 0 bridgehead atoms. The summed E-state index contributed by atoms with van der Waals surface area (Å²) >= 11 is 6.91. The third-order valence-corrected chi connectivity index (χ3v) is 4.74. The van der Waals surface area contributed by atoms with Crippen LogP contribution in [0.25, 0.3) is 10.4 Å². The molecule has 0 saturated carbocycles. The van der Waals surface area contributed by atoms with Crippen LogP contribution in [0.2, 0.25) is 0 Å². The third kappa shape index (κ3) is 2.89. The van der Waals surface area contributed by atoms with E-state index in [0.29, 0.717) is 12.4 Å². The van der Waals surface area contributed by atoms with Gasteiger partial charge in [0.25, 0.3) is 0 Å². The van der Waals surface area contributed by atoms with Gasteiger partial charge >= 0.3 is 0 Å². The summed E-state index contributed by atoms with van der Waals surface area (Å²) in [7, 11) is 0. The highest BCUT2D eigenvalue weighted by Crippen LogP contribution is 2.33. The fourth-order valence-electron chi connectivity index (χ4n) is 2.13. The Bertz CT molecular complexity index is 805. The molecule has 5 heteroatoms. The fraction of sp³-hybridized carbons (Fsp3) is 0.0625. The molecular formula is C16H13FN2S2. The second-order valence-corrected chi connectivity index (χ2v) is 6.31. The lowest BCUT2D eigenvalue weighted by atomic mass is 10.2. The summed E-state index contributed by atoms with van der Waals surface area (Å²) in [6, 6.07) is 16.3. The minimum absolute atomic E-state index is 0.245. The lowest BCUT2D eigenvalue weighted by molar-refractivity contribution is 0.626. The average Bonchev–Trinajstić information content (AvgIpc) is 2.78. The molecule has 0 radical (unpaired) electrons. The van der Waals surface area contributed by atoms with Gasteiger partial charge in [0.2, 0.25) is 0 Å². The summed E-state index contributed by atoms with van der Waals surface area (Å²) in [5, 5.41) is 0. The fourth-order valence-corrected chi connectivity index (χ4v) is 3.46. The van der Waals surface area contributed by atoms with Crippen LogP contribution >= 0.6 is 23.6 Å². The van der Waals surface area contributed by atoms with Crippen LogP contribution in [0.5, 0.6) is 0 Å². The molecule has 0 aliphatic carbocycles. The van der Waals surface area contributed by atoms with E-state index >= 15 is 0 Å². The van der Waals surface area contributed by atoms with E-state index in [1.165, 1.54) is 23.5 Å². The van der Waals surface area contributed by atoms with Gasteiger partial charge in [0, 0.05) is 0 Å². The van der Waals surface area contributed by atoms with Crippen LogP contribution in [-0.4, -0.2) is 4.57 Å². The molecule has 21 heavy (non-hydrogen) atoms. The van der Waals surface area contributed by atoms with Gasteiger partial charge in [0.1, 0.15) is 11.6 Å². The van der Waals surface area contributed by atoms with Gasteiger partial charge < -0.3 is 10.3 Å². The molecule has 106 valence electrons. The second-order valence-electron chi connectivity index (χ2n) is 4.66. The van der Waals surface area contributed by atoms with Crippen molar-refractivity contribution in [3.05, 3.63) is 69.9 Å². The molecule has 3 aromatic rings. The quantitative estimate of drug-likeness (QED) is 0.709. The van der Waals surface area contributed by atoms with Crippen molar-refractivity contribution in [1.29, 1.82) is 0 Å². The zero-order valence-electron chi connectivity index (χ0n) is 11.1. The zero-order chi connectivity index (χ0) is 14.8. The van der Waals surface area contributed by atoms with Gasteiger partial charge in [-0.05, 0) is 35.5 Å². The Kier molecular flexibility index (Phi) is 3.86. The minimum Gasteiger partial charge on any atom is -0.384 e. The molecule has 0 atom stereocenters. The number of nitrogens with zero attached hydrogens (tertiary/aromatic N) is 1. The monoisotopic (exact) mass is 316 g/mol. The molecule has 0 aliphatic heterocycles. The van der Waals surface area contributed by atoms with E-state index in [1.54, 1.807) is 12.1 Å². The van der Waals surface area contributed by atoms with Gasteiger partial charge in [0.15, 0.2) is 3.95 Å². The first-order valence-corrected chi connectivity index (χ1v) is 7.66. The van der Waals surface area contributed by atoms with Gasteiger partial charge in [-0.1, -0.05) is 42.5 Å². The van der Waals surface area contributed by atoms with Crippen LogP contribution in [-0.2, 0) is 6.54 Å². The standard InChI is InChI=1S/C16H13FN2S2/c17-13-8-6-11(7-9-13)10-19-15(18)14(21-16(19)20)12-4-2-1-3-5-12/h1-9H,10,18H2. The van der Waals surface area contributed by atoms with Crippen molar-refractivity contribution >= 4 is 29.4 Å². The summed E-state index contributed by atoms with van der Waals surface area (Å²) in [6.07, 6.45) is 0. The van der Waals surface area contributed by atoms with Crippen molar-refractivity contribution < 1.29 is 4.39 Å². The summed E-state index contributed by atoms with van der Waals surface area (Å²) in [5.41, 5.74) is 8.27. The van der Waals surface area contributed by atoms with Crippen LogP contribution in [0.4, 0.5) is 10.2 Å². The number of hydrogen-bond acceptors (Lipinski definition) is 3. The highest BCUT2D eigenvalue weighted by atomic mass is 32.1. The SMILES string of the molecule is Nc1c(-c2ccccc2)sc(=S)n1Cc1ccc(F)cc1. The zero-order valence-corrected chi connectivity index (χ0v) is 12.8. The second kappa shape index (κ2) is 5.79. The Balaban J connectivity index is 1.99. The van der Waals surface area contributed by atoms with Crippen molar-refractivity contribution in [3.63, 3.8) is 0 Å². The van der Waals surface area contributed by atoms with E-state index in [0.717, 1.165) is 20.0 Å². The maximum Gasteiger partial charge on any atom is 0.163 e. The van der Waals surface area contributed by atoms with E-state index in [2.05, 4.69) is 0 Å². The topological polar surface area (TPSA) is 30.9 Å². The number of rotatable bonds is 3. The van der Waals surface area contributed by atoms with E-state index in [1.807, 2.05) is 34.9 Å². The first-order valence-electron chi connectivity index (χ1n) is 6.44. The lowest BCUT2D eigenvalue weighted by Crippen LogP contribution is -2.04. The van der Waals surface area contributed by atoms with Crippen LogP contribution < -0.4 is 5.73 Å². The maximum absolute atomic E-state index is 13.0. The lowest BCUT2D eigenvalue weighted by Gasteiger charge is -2.07. The molecule has 0 spiro atoms. The molecule has 0 unspecified atom stereocenters. The predicted octanol–water partition coefficient (Wildman–Crippen LogP) is 4.72. The van der Waals surface area contributed by atoms with Gasteiger partial charge in [-0.15, -0.1) is 11.3 Å². The number of thiazole rings is 1. The smallest absolute Gasteiger partial charge is 0.163 e. The molecule has 0 saturated heterocycles. The van der Waals surface area contributed by atoms with E-state index < -0.39 is 0 Å². The normalized spacial score (nSPS) is 10.7. The minimum atomic E-state index is -0.245. The van der Waals surface area contributed by atoms with Crippen molar-refractivity contribution in [2.24, 2.45) is 0 Å². The van der Waals surface area contributed by atoms with E-state index in [4.69, 9.17) is 18.0 Å². The van der Waals surface area contributed by atoms with Gasteiger partial charge in [0.05, 0.1) is 11.4 Å². The van der Waals surface area contributed by atoms with E-state index in [9.17, 15) is 4.39 Å². The van der Waals surface area contributed by atoms with Crippen LogP contribution in [0.15, 0.2) is 54.6 Å². The number of aromatic nitrogens is 1. The predicted molar refractivity (Wildman–Crippen MR) is 88.5 cm³/mol. The van der Waals surface area contributed by atoms with E-state index in [-0.39, 0.29) is 5.82 Å². The first-order chi connectivity index (χ1) is 10.1. The molecular weight excluding hydrogens is 303 g/mol. The molecule has 2 N–H and O–H groups in total. The highest BCUT2D eigenvalue weighted by molar-refractivity contribution is 7.73. The highest BCUT2D eigenvalue weighted by Gasteiger charge is 2.11. The van der Waals surface area contributed by atoms with Gasteiger partial charge in [-0.3, -0.25) is 0 Å². The third-order valence-electron chi connectivity index (χ3n) is 3.22. The van der Waals surface area contributed by atoms with Crippen molar-refractivity contribution in [1.82, 2.24) is 4.57 Å². The summed E-state index contributed by atoms with van der Waals surface area (Å²) in [5.74, 6) is 0.408. The number of anilines is 1. The molecule has 1 aromatic heterocycles. The molecule has 0 fully saturated rings. The maximum atomic E-state index is 13.0. The van der Waals surface area contributed by atoms with Crippen molar-refractivity contribution in [3.8, 4) is 10.4 Å². The first kappa shape index (κ1) is 14.0. The number of hydrogen-bond donors (Lipinski definition) is 1. The number of nitrogens with two attached hydrogens (primary N) is 1. The number of halogens is 1. The summed E-state index contributed by atoms with van der Waals surface area (Å²) < 4.78 is 15.6. The van der Waals surface area contributed by atoms with Crippen LogP contribution in [0.1, 0.15) is 5.56 Å². The molecule has 2 aromatic carbocycles. The Labute approximate surface area is 131 Å². The Hall–Kier alpha value is -1.98. The molecule has 1 heterocycles. The van der Waals surface area contributed by atoms with Crippen molar-refractivity contribution in [2.75, 3.05) is 5.73 Å². The summed E-state index contributed by atoms with van der Waals surface area (Å²) in [6.45, 7) is 0.550. The number of nitrogen functional groups attached to an aromatic ring is 1. The van der Waals surface area contributed by atoms with Gasteiger partial charge in [-0.25, -0.2) is 4.39 Å². The Morgan fingerprint density at radius 1 is 1.05 bits per heavy atom. The summed E-state index contributed by atoms with van der Waals surface area (Å²) in [4.78, 5) is 0.975. The van der Waals surface area contributed by atoms with Crippen LogP contribution in [0.3, 0.4) is 0 Å². The molecule has 2 nitrogen and oxygen atoms in total. The van der Waals surface area contributed by atoms with Crippen LogP contribution in [0, 0.1) is 9.77 Å².